The maximum Gasteiger partial charge on any atom is 0.225 e. The number of hydrogen-bond donors (Lipinski definition) is 0. The lowest BCUT2D eigenvalue weighted by molar-refractivity contribution is 0.185. The molecule has 14 heavy (non-hydrogen) atoms. The van der Waals surface area contributed by atoms with Gasteiger partial charge >= 0.3 is 0 Å². The van der Waals surface area contributed by atoms with Gasteiger partial charge in [-0.05, 0) is 30.9 Å². The third kappa shape index (κ3) is 3.92. The first kappa shape index (κ1) is 11.2. The zero-order valence-corrected chi connectivity index (χ0v) is 9.45. The Morgan fingerprint density at radius 3 is 2.71 bits per heavy atom. The SMILES string of the molecule is CC(C)CC(C)Oc1ccnc(Cl)n1. The zero-order valence-electron chi connectivity index (χ0n) is 8.70. The number of halogens is 1. The molecule has 0 aliphatic heterocycles. The third-order valence-corrected chi connectivity index (χ3v) is 1.91. The van der Waals surface area contributed by atoms with Crippen molar-refractivity contribution in [2.45, 2.75) is 33.3 Å². The molecule has 0 N–H and O–H groups in total. The van der Waals surface area contributed by atoms with E-state index in [1.54, 1.807) is 12.3 Å². The van der Waals surface area contributed by atoms with Gasteiger partial charge in [0.15, 0.2) is 0 Å². The second-order valence-electron chi connectivity index (χ2n) is 3.72. The molecule has 0 spiro atoms. The van der Waals surface area contributed by atoms with Gasteiger partial charge in [0.2, 0.25) is 11.2 Å². The van der Waals surface area contributed by atoms with Crippen LogP contribution in [0.5, 0.6) is 5.88 Å². The minimum Gasteiger partial charge on any atom is -0.475 e. The number of rotatable bonds is 4. The van der Waals surface area contributed by atoms with Crippen LogP contribution in [0.4, 0.5) is 0 Å². The third-order valence-electron chi connectivity index (χ3n) is 1.73. The van der Waals surface area contributed by atoms with Crippen molar-refractivity contribution in [1.29, 1.82) is 0 Å². The monoisotopic (exact) mass is 214 g/mol. The van der Waals surface area contributed by atoms with E-state index in [0.717, 1.165) is 6.42 Å². The highest BCUT2D eigenvalue weighted by Gasteiger charge is 2.07. The van der Waals surface area contributed by atoms with E-state index >= 15 is 0 Å². The average Bonchev–Trinajstić information content (AvgIpc) is 2.01. The predicted octanol–water partition coefficient (Wildman–Crippen LogP) is 2.94. The van der Waals surface area contributed by atoms with Gasteiger partial charge in [0, 0.05) is 12.3 Å². The van der Waals surface area contributed by atoms with Crippen LogP contribution in [0.2, 0.25) is 5.28 Å². The predicted molar refractivity (Wildman–Crippen MR) is 56.6 cm³/mol. The van der Waals surface area contributed by atoms with E-state index in [9.17, 15) is 0 Å². The second kappa shape index (κ2) is 5.15. The van der Waals surface area contributed by atoms with Crippen molar-refractivity contribution in [2.24, 2.45) is 5.92 Å². The van der Waals surface area contributed by atoms with Crippen LogP contribution >= 0.6 is 11.6 Å². The van der Waals surface area contributed by atoms with Gasteiger partial charge in [-0.2, -0.15) is 4.98 Å². The van der Waals surface area contributed by atoms with E-state index < -0.39 is 0 Å². The van der Waals surface area contributed by atoms with Gasteiger partial charge in [-0.1, -0.05) is 13.8 Å². The summed E-state index contributed by atoms with van der Waals surface area (Å²) in [4.78, 5) is 7.73. The van der Waals surface area contributed by atoms with Crippen LogP contribution in [0.25, 0.3) is 0 Å². The Bertz CT molecular complexity index is 291. The topological polar surface area (TPSA) is 35.0 Å². The van der Waals surface area contributed by atoms with Gasteiger partial charge in [-0.3, -0.25) is 0 Å². The highest BCUT2D eigenvalue weighted by atomic mass is 35.5. The van der Waals surface area contributed by atoms with Crippen molar-refractivity contribution in [3.63, 3.8) is 0 Å². The molecule has 0 radical (unpaired) electrons. The van der Waals surface area contributed by atoms with Crippen molar-refractivity contribution in [1.82, 2.24) is 9.97 Å². The molecular weight excluding hydrogens is 200 g/mol. The summed E-state index contributed by atoms with van der Waals surface area (Å²) in [5, 5.41) is 0.222. The molecule has 0 fully saturated rings. The molecule has 1 aromatic rings. The Hall–Kier alpha value is -0.830. The minimum absolute atomic E-state index is 0.154. The number of nitrogens with zero attached hydrogens (tertiary/aromatic N) is 2. The molecule has 0 bridgehead atoms. The molecule has 0 amide bonds. The summed E-state index contributed by atoms with van der Waals surface area (Å²) in [7, 11) is 0. The van der Waals surface area contributed by atoms with Crippen molar-refractivity contribution in [2.75, 3.05) is 0 Å². The molecule has 0 aromatic carbocycles. The molecule has 1 atom stereocenters. The lowest BCUT2D eigenvalue weighted by Gasteiger charge is -2.15. The molecular formula is C10H15ClN2O. The quantitative estimate of drug-likeness (QED) is 0.723. The van der Waals surface area contributed by atoms with Gasteiger partial charge in [-0.15, -0.1) is 0 Å². The van der Waals surface area contributed by atoms with Crippen molar-refractivity contribution >= 4 is 11.6 Å². The summed E-state index contributed by atoms with van der Waals surface area (Å²) in [5.74, 6) is 1.15. The standard InChI is InChI=1S/C10H15ClN2O/c1-7(2)6-8(3)14-9-4-5-12-10(11)13-9/h4-5,7-8H,6H2,1-3H3. The van der Waals surface area contributed by atoms with Gasteiger partial charge in [0.25, 0.3) is 0 Å². The summed E-state index contributed by atoms with van der Waals surface area (Å²) in [6.45, 7) is 6.34. The van der Waals surface area contributed by atoms with Crippen LogP contribution < -0.4 is 4.74 Å². The summed E-state index contributed by atoms with van der Waals surface area (Å²) >= 11 is 5.63. The smallest absolute Gasteiger partial charge is 0.225 e. The largest absolute Gasteiger partial charge is 0.475 e. The zero-order chi connectivity index (χ0) is 10.6. The average molecular weight is 215 g/mol. The van der Waals surface area contributed by atoms with Gasteiger partial charge in [-0.25, -0.2) is 4.98 Å². The molecule has 3 nitrogen and oxygen atoms in total. The Kier molecular flexibility index (Phi) is 4.14. The van der Waals surface area contributed by atoms with Crippen LogP contribution in [0.3, 0.4) is 0 Å². The normalized spacial score (nSPS) is 12.9. The fourth-order valence-electron chi connectivity index (χ4n) is 1.30. The van der Waals surface area contributed by atoms with Gasteiger partial charge < -0.3 is 4.74 Å². The molecule has 0 aliphatic carbocycles. The van der Waals surface area contributed by atoms with E-state index in [1.165, 1.54) is 0 Å². The number of ether oxygens (including phenoxy) is 1. The Morgan fingerprint density at radius 1 is 1.43 bits per heavy atom. The second-order valence-corrected chi connectivity index (χ2v) is 4.06. The molecule has 0 saturated carbocycles. The van der Waals surface area contributed by atoms with E-state index in [-0.39, 0.29) is 11.4 Å². The molecule has 78 valence electrons. The van der Waals surface area contributed by atoms with Crippen molar-refractivity contribution < 1.29 is 4.74 Å². The molecule has 4 heteroatoms. The lowest BCUT2D eigenvalue weighted by Crippen LogP contribution is -2.15. The molecule has 1 rings (SSSR count). The van der Waals surface area contributed by atoms with E-state index in [1.807, 2.05) is 6.92 Å². The van der Waals surface area contributed by atoms with Crippen molar-refractivity contribution in [3.05, 3.63) is 17.5 Å². The Labute approximate surface area is 89.5 Å². The van der Waals surface area contributed by atoms with E-state index in [2.05, 4.69) is 23.8 Å². The molecule has 0 aliphatic rings. The van der Waals surface area contributed by atoms with E-state index in [4.69, 9.17) is 16.3 Å². The molecule has 1 heterocycles. The fourth-order valence-corrected chi connectivity index (χ4v) is 1.44. The van der Waals surface area contributed by atoms with Crippen LogP contribution in [0.15, 0.2) is 12.3 Å². The first-order valence-electron chi connectivity index (χ1n) is 4.73. The minimum atomic E-state index is 0.154. The van der Waals surface area contributed by atoms with Gasteiger partial charge in [0.05, 0.1) is 6.10 Å². The van der Waals surface area contributed by atoms with Gasteiger partial charge in [0.1, 0.15) is 0 Å². The van der Waals surface area contributed by atoms with Crippen LogP contribution in [0, 0.1) is 5.92 Å². The molecule has 1 unspecified atom stereocenters. The van der Waals surface area contributed by atoms with E-state index in [0.29, 0.717) is 11.8 Å². The maximum atomic E-state index is 5.63. The number of hydrogen-bond acceptors (Lipinski definition) is 3. The summed E-state index contributed by atoms with van der Waals surface area (Å²) < 4.78 is 5.57. The Balaban J connectivity index is 2.51. The summed E-state index contributed by atoms with van der Waals surface area (Å²) in [6, 6.07) is 1.71. The van der Waals surface area contributed by atoms with Crippen LogP contribution in [-0.2, 0) is 0 Å². The number of aromatic nitrogens is 2. The fraction of sp³-hybridized carbons (Fsp3) is 0.600. The first-order chi connectivity index (χ1) is 6.58. The summed E-state index contributed by atoms with van der Waals surface area (Å²) in [5.41, 5.74) is 0. The lowest BCUT2D eigenvalue weighted by atomic mass is 10.1. The molecule has 0 saturated heterocycles. The maximum absolute atomic E-state index is 5.63. The molecule has 1 aromatic heterocycles. The highest BCUT2D eigenvalue weighted by molar-refractivity contribution is 6.28. The highest BCUT2D eigenvalue weighted by Crippen LogP contribution is 2.14. The first-order valence-corrected chi connectivity index (χ1v) is 5.11. The van der Waals surface area contributed by atoms with Crippen molar-refractivity contribution in [3.8, 4) is 5.88 Å². The van der Waals surface area contributed by atoms with Crippen LogP contribution in [-0.4, -0.2) is 16.1 Å². The summed E-state index contributed by atoms with van der Waals surface area (Å²) in [6.07, 6.45) is 2.75. The van der Waals surface area contributed by atoms with Crippen LogP contribution in [0.1, 0.15) is 27.2 Å². The Morgan fingerprint density at radius 2 is 2.14 bits per heavy atom.